The van der Waals surface area contributed by atoms with Crippen LogP contribution in [0.1, 0.15) is 18.2 Å². The first-order valence-corrected chi connectivity index (χ1v) is 8.39. The van der Waals surface area contributed by atoms with Gasteiger partial charge < -0.3 is 15.5 Å². The van der Waals surface area contributed by atoms with Crippen molar-refractivity contribution in [3.63, 3.8) is 0 Å². The van der Waals surface area contributed by atoms with E-state index in [4.69, 9.17) is 0 Å². The van der Waals surface area contributed by atoms with Crippen LogP contribution in [-0.4, -0.2) is 41.9 Å². The predicted molar refractivity (Wildman–Crippen MR) is 115 cm³/mol. The zero-order valence-electron chi connectivity index (χ0n) is 15.2. The van der Waals surface area contributed by atoms with Gasteiger partial charge in [0.1, 0.15) is 0 Å². The fraction of sp³-hybridized carbons (Fsp3) is 0.316. The number of pyridine rings is 1. The summed E-state index contributed by atoms with van der Waals surface area (Å²) in [4.78, 5) is 22.6. The second kappa shape index (κ2) is 12.2. The van der Waals surface area contributed by atoms with Crippen LogP contribution >= 0.6 is 24.0 Å². The summed E-state index contributed by atoms with van der Waals surface area (Å²) in [6, 6.07) is 15.7. The van der Waals surface area contributed by atoms with E-state index in [1.165, 1.54) is 0 Å². The van der Waals surface area contributed by atoms with E-state index in [9.17, 15) is 4.79 Å². The number of halogens is 1. The predicted octanol–water partition coefficient (Wildman–Crippen LogP) is 2.41. The number of rotatable bonds is 7. The van der Waals surface area contributed by atoms with Crippen LogP contribution in [0.3, 0.4) is 0 Å². The first kappa shape index (κ1) is 21.9. The largest absolute Gasteiger partial charge is 0.351 e. The molecule has 0 fully saturated rings. The Balaban J connectivity index is 0.00000338. The topological polar surface area (TPSA) is 69.6 Å². The highest BCUT2D eigenvalue weighted by atomic mass is 127. The molecule has 0 aliphatic heterocycles. The lowest BCUT2D eigenvalue weighted by molar-refractivity contribution is -0.130. The maximum Gasteiger partial charge on any atom is 0.242 e. The second-order valence-electron chi connectivity index (χ2n) is 5.49. The highest BCUT2D eigenvalue weighted by Crippen LogP contribution is 2.04. The molecular weight excluding hydrogens is 441 g/mol. The molecule has 2 rings (SSSR count). The number of hydrogen-bond acceptors (Lipinski definition) is 3. The molecule has 0 saturated carbocycles. The van der Waals surface area contributed by atoms with E-state index >= 15 is 0 Å². The number of carbonyl (C=O) groups is 1. The van der Waals surface area contributed by atoms with E-state index in [1.54, 1.807) is 13.2 Å². The van der Waals surface area contributed by atoms with Gasteiger partial charge in [-0.3, -0.25) is 14.8 Å². The molecule has 26 heavy (non-hydrogen) atoms. The summed E-state index contributed by atoms with van der Waals surface area (Å²) in [6.45, 7) is 4.00. The van der Waals surface area contributed by atoms with Crippen LogP contribution in [-0.2, 0) is 17.9 Å². The highest BCUT2D eigenvalue weighted by molar-refractivity contribution is 14.0. The lowest BCUT2D eigenvalue weighted by Crippen LogP contribution is -2.44. The van der Waals surface area contributed by atoms with Crippen molar-refractivity contribution in [2.75, 3.05) is 20.1 Å². The molecule has 6 nitrogen and oxygen atoms in total. The minimum absolute atomic E-state index is 0. The number of hydrogen-bond donors (Lipinski definition) is 2. The van der Waals surface area contributed by atoms with Gasteiger partial charge in [0.15, 0.2) is 5.96 Å². The van der Waals surface area contributed by atoms with Gasteiger partial charge in [0.2, 0.25) is 5.91 Å². The Morgan fingerprint density at radius 3 is 2.46 bits per heavy atom. The van der Waals surface area contributed by atoms with Crippen LogP contribution in [0.4, 0.5) is 0 Å². The Morgan fingerprint density at radius 1 is 1.12 bits per heavy atom. The van der Waals surface area contributed by atoms with E-state index in [2.05, 4.69) is 20.6 Å². The van der Waals surface area contributed by atoms with Crippen molar-refractivity contribution >= 4 is 35.8 Å². The van der Waals surface area contributed by atoms with Crippen LogP contribution in [0.2, 0.25) is 0 Å². The maximum atomic E-state index is 12.4. The monoisotopic (exact) mass is 467 g/mol. The first-order valence-electron chi connectivity index (χ1n) is 8.39. The summed E-state index contributed by atoms with van der Waals surface area (Å²) in [5.74, 6) is 0.613. The standard InChI is InChI=1S/C19H25N5O.HI/c1-3-24(15-16-9-5-4-6-10-16)18(25)14-23-19(20-2)22-13-17-11-7-8-12-21-17;/h4-12H,3,13-15H2,1-2H3,(H2,20,22,23);1H. The fourth-order valence-corrected chi connectivity index (χ4v) is 2.35. The van der Waals surface area contributed by atoms with Gasteiger partial charge in [0, 0.05) is 26.3 Å². The molecule has 1 aromatic carbocycles. The maximum absolute atomic E-state index is 12.4. The lowest BCUT2D eigenvalue weighted by Gasteiger charge is -2.22. The van der Waals surface area contributed by atoms with Gasteiger partial charge in [0.25, 0.3) is 0 Å². The molecule has 1 heterocycles. The summed E-state index contributed by atoms with van der Waals surface area (Å²) in [7, 11) is 1.68. The summed E-state index contributed by atoms with van der Waals surface area (Å²) in [5, 5.41) is 6.21. The smallest absolute Gasteiger partial charge is 0.242 e. The molecule has 0 unspecified atom stereocenters. The number of nitrogens with one attached hydrogen (secondary N) is 2. The van der Waals surface area contributed by atoms with E-state index in [1.807, 2.05) is 60.4 Å². The van der Waals surface area contributed by atoms with Crippen molar-refractivity contribution in [2.24, 2.45) is 4.99 Å². The number of benzene rings is 1. The van der Waals surface area contributed by atoms with Crippen LogP contribution in [0, 0.1) is 0 Å². The van der Waals surface area contributed by atoms with E-state index in [0.717, 1.165) is 11.3 Å². The zero-order chi connectivity index (χ0) is 17.9. The van der Waals surface area contributed by atoms with E-state index < -0.39 is 0 Å². The molecule has 0 aliphatic carbocycles. The molecule has 0 saturated heterocycles. The normalized spacial score (nSPS) is 10.6. The highest BCUT2D eigenvalue weighted by Gasteiger charge is 2.12. The third-order valence-corrected chi connectivity index (χ3v) is 3.74. The molecule has 0 atom stereocenters. The second-order valence-corrected chi connectivity index (χ2v) is 5.49. The Kier molecular flexibility index (Phi) is 10.3. The molecule has 2 aromatic rings. The minimum atomic E-state index is 0. The van der Waals surface area contributed by atoms with Gasteiger partial charge >= 0.3 is 0 Å². The van der Waals surface area contributed by atoms with Crippen molar-refractivity contribution < 1.29 is 4.79 Å². The Morgan fingerprint density at radius 2 is 1.85 bits per heavy atom. The van der Waals surface area contributed by atoms with Crippen LogP contribution in [0.15, 0.2) is 59.7 Å². The van der Waals surface area contributed by atoms with Gasteiger partial charge in [-0.25, -0.2) is 0 Å². The van der Waals surface area contributed by atoms with Gasteiger partial charge in [-0.05, 0) is 24.6 Å². The molecule has 0 spiro atoms. The molecule has 1 aromatic heterocycles. The molecule has 0 aliphatic rings. The van der Waals surface area contributed by atoms with Crippen molar-refractivity contribution in [2.45, 2.75) is 20.0 Å². The Hall–Kier alpha value is -2.16. The number of aliphatic imine (C=N–C) groups is 1. The number of carbonyl (C=O) groups excluding carboxylic acids is 1. The summed E-state index contributed by atoms with van der Waals surface area (Å²) in [6.07, 6.45) is 1.75. The van der Waals surface area contributed by atoms with E-state index in [0.29, 0.717) is 25.6 Å². The summed E-state index contributed by atoms with van der Waals surface area (Å²) in [5.41, 5.74) is 2.03. The van der Waals surface area contributed by atoms with Crippen LogP contribution < -0.4 is 10.6 Å². The van der Waals surface area contributed by atoms with Gasteiger partial charge in [0.05, 0.1) is 18.8 Å². The molecule has 2 N–H and O–H groups in total. The molecule has 0 radical (unpaired) electrons. The SMILES string of the molecule is CCN(Cc1ccccc1)C(=O)CNC(=NC)NCc1ccccn1.I. The number of guanidine groups is 1. The molecular formula is C19H26IN5O. The van der Waals surface area contributed by atoms with Crippen LogP contribution in [0.5, 0.6) is 0 Å². The van der Waals surface area contributed by atoms with Gasteiger partial charge in [-0.1, -0.05) is 36.4 Å². The van der Waals surface area contributed by atoms with Gasteiger partial charge in [-0.15, -0.1) is 24.0 Å². The Bertz CT molecular complexity index is 679. The molecule has 1 amide bonds. The number of aromatic nitrogens is 1. The average molecular weight is 467 g/mol. The van der Waals surface area contributed by atoms with Crippen molar-refractivity contribution in [3.8, 4) is 0 Å². The van der Waals surface area contributed by atoms with Crippen molar-refractivity contribution in [3.05, 3.63) is 66.0 Å². The number of likely N-dealkylation sites (N-methyl/N-ethyl adjacent to an activating group) is 1. The molecule has 0 bridgehead atoms. The zero-order valence-corrected chi connectivity index (χ0v) is 17.5. The molecule has 140 valence electrons. The number of amides is 1. The van der Waals surface area contributed by atoms with E-state index in [-0.39, 0.29) is 36.4 Å². The third kappa shape index (κ3) is 7.38. The molecule has 7 heteroatoms. The van der Waals surface area contributed by atoms with Crippen molar-refractivity contribution in [1.82, 2.24) is 20.5 Å². The fourth-order valence-electron chi connectivity index (χ4n) is 2.35. The summed E-state index contributed by atoms with van der Waals surface area (Å²) >= 11 is 0. The third-order valence-electron chi connectivity index (χ3n) is 3.74. The van der Waals surface area contributed by atoms with Gasteiger partial charge in [-0.2, -0.15) is 0 Å². The average Bonchev–Trinajstić information content (AvgIpc) is 2.67. The first-order chi connectivity index (χ1) is 12.2. The van der Waals surface area contributed by atoms with Crippen molar-refractivity contribution in [1.29, 1.82) is 0 Å². The summed E-state index contributed by atoms with van der Waals surface area (Å²) < 4.78 is 0. The van der Waals surface area contributed by atoms with Crippen LogP contribution in [0.25, 0.3) is 0 Å². The number of nitrogens with zero attached hydrogens (tertiary/aromatic N) is 3. The minimum Gasteiger partial charge on any atom is -0.351 e. The lowest BCUT2D eigenvalue weighted by atomic mass is 10.2. The quantitative estimate of drug-likeness (QED) is 0.373. The Labute approximate surface area is 172 Å².